The number of thiophene rings is 1. The molecule has 3 aromatic rings. The summed E-state index contributed by atoms with van der Waals surface area (Å²) >= 11 is 3.02. The summed E-state index contributed by atoms with van der Waals surface area (Å²) in [4.78, 5) is 23.9. The third-order valence-electron chi connectivity index (χ3n) is 5.29. The highest BCUT2D eigenvalue weighted by Gasteiger charge is 2.27. The Morgan fingerprint density at radius 1 is 1.13 bits per heavy atom. The molecule has 10 heteroatoms. The van der Waals surface area contributed by atoms with E-state index in [0.29, 0.717) is 24.6 Å². The Kier molecular flexibility index (Phi) is 6.34. The number of carbonyl (C=O) groups is 1. The predicted octanol–water partition coefficient (Wildman–Crippen LogP) is 4.13. The Hall–Kier alpha value is -2.01. The van der Waals surface area contributed by atoms with Gasteiger partial charge < -0.3 is 5.32 Å². The molecule has 0 atom stereocenters. The lowest BCUT2D eigenvalue weighted by Crippen LogP contribution is -2.27. The second-order valence-electron chi connectivity index (χ2n) is 7.51. The van der Waals surface area contributed by atoms with Gasteiger partial charge in [0.05, 0.1) is 10.6 Å². The fourth-order valence-electron chi connectivity index (χ4n) is 3.54. The first kappa shape index (κ1) is 22.2. The van der Waals surface area contributed by atoms with Gasteiger partial charge in [0.2, 0.25) is 15.9 Å². The zero-order valence-electron chi connectivity index (χ0n) is 17.6. The number of nitrogens with zero attached hydrogens (tertiary/aromatic N) is 3. The molecule has 0 aliphatic carbocycles. The van der Waals surface area contributed by atoms with E-state index in [0.717, 1.165) is 33.6 Å². The SMILES string of the molecule is Cc1nc(SCC(=O)Nc2ccc(S(=O)(=O)N3CCCC3)cc2)c2c(C)c(C)sc2n1. The lowest BCUT2D eigenvalue weighted by molar-refractivity contribution is -0.113. The van der Waals surface area contributed by atoms with Crippen LogP contribution < -0.4 is 5.32 Å². The predicted molar refractivity (Wildman–Crippen MR) is 125 cm³/mol. The van der Waals surface area contributed by atoms with Crippen molar-refractivity contribution >= 4 is 54.9 Å². The van der Waals surface area contributed by atoms with Crippen molar-refractivity contribution < 1.29 is 13.2 Å². The number of aryl methyl sites for hydroxylation is 3. The van der Waals surface area contributed by atoms with E-state index in [1.165, 1.54) is 20.9 Å². The molecular formula is C21H24N4O3S3. The molecule has 1 N–H and O–H groups in total. The van der Waals surface area contributed by atoms with Crippen molar-refractivity contribution in [2.24, 2.45) is 0 Å². The molecule has 1 aliphatic heterocycles. The normalized spacial score (nSPS) is 14.9. The van der Waals surface area contributed by atoms with Crippen LogP contribution in [0.4, 0.5) is 5.69 Å². The molecule has 0 saturated carbocycles. The van der Waals surface area contributed by atoms with Gasteiger partial charge >= 0.3 is 0 Å². The third-order valence-corrected chi connectivity index (χ3v) is 9.28. The van der Waals surface area contributed by atoms with Crippen molar-refractivity contribution in [1.82, 2.24) is 14.3 Å². The first-order valence-electron chi connectivity index (χ1n) is 10.0. The number of sulfonamides is 1. The van der Waals surface area contributed by atoms with E-state index < -0.39 is 10.0 Å². The van der Waals surface area contributed by atoms with Gasteiger partial charge in [0.15, 0.2) is 0 Å². The topological polar surface area (TPSA) is 92.3 Å². The van der Waals surface area contributed by atoms with Crippen molar-refractivity contribution in [3.63, 3.8) is 0 Å². The van der Waals surface area contributed by atoms with Crippen molar-refractivity contribution in [1.29, 1.82) is 0 Å². The van der Waals surface area contributed by atoms with Gasteiger partial charge in [-0.2, -0.15) is 4.31 Å². The molecule has 2 aromatic heterocycles. The molecular weight excluding hydrogens is 452 g/mol. The monoisotopic (exact) mass is 476 g/mol. The standard InChI is InChI=1S/C21H24N4O3S3/c1-13-14(2)30-21-19(13)20(22-15(3)23-21)29-12-18(26)24-16-6-8-17(9-7-16)31(27,28)25-10-4-5-11-25/h6-9H,4-5,10-12H2,1-3H3,(H,24,26). The van der Waals surface area contributed by atoms with Gasteiger partial charge in [0, 0.05) is 29.0 Å². The molecule has 1 amide bonds. The summed E-state index contributed by atoms with van der Waals surface area (Å²) in [6.45, 7) is 7.10. The first-order chi connectivity index (χ1) is 14.8. The van der Waals surface area contributed by atoms with Gasteiger partial charge in [-0.15, -0.1) is 11.3 Å². The van der Waals surface area contributed by atoms with Crippen LogP contribution in [0.15, 0.2) is 34.2 Å². The summed E-state index contributed by atoms with van der Waals surface area (Å²) in [7, 11) is -3.45. The maximum atomic E-state index is 12.6. The van der Waals surface area contributed by atoms with Crippen molar-refractivity contribution in [2.75, 3.05) is 24.2 Å². The van der Waals surface area contributed by atoms with E-state index in [-0.39, 0.29) is 16.6 Å². The van der Waals surface area contributed by atoms with E-state index in [1.54, 1.807) is 35.6 Å². The van der Waals surface area contributed by atoms with Gasteiger partial charge in [-0.3, -0.25) is 4.79 Å². The average Bonchev–Trinajstić information content (AvgIpc) is 3.36. The zero-order valence-corrected chi connectivity index (χ0v) is 20.1. The van der Waals surface area contributed by atoms with Gasteiger partial charge in [0.25, 0.3) is 0 Å². The second kappa shape index (κ2) is 8.85. The van der Waals surface area contributed by atoms with E-state index in [1.807, 2.05) is 6.92 Å². The maximum absolute atomic E-state index is 12.6. The minimum Gasteiger partial charge on any atom is -0.325 e. The number of nitrogens with one attached hydrogen (secondary N) is 1. The summed E-state index contributed by atoms with van der Waals surface area (Å²) in [6.07, 6.45) is 1.79. The molecule has 31 heavy (non-hydrogen) atoms. The van der Waals surface area contributed by atoms with Crippen LogP contribution in [0.5, 0.6) is 0 Å². The van der Waals surface area contributed by atoms with Crippen molar-refractivity contribution in [2.45, 2.75) is 43.5 Å². The number of thioether (sulfide) groups is 1. The molecule has 1 aliphatic rings. The van der Waals surface area contributed by atoms with Crippen LogP contribution in [0.1, 0.15) is 29.1 Å². The second-order valence-corrected chi connectivity index (χ2v) is 11.6. The largest absolute Gasteiger partial charge is 0.325 e. The average molecular weight is 477 g/mol. The number of rotatable bonds is 6. The molecule has 7 nitrogen and oxygen atoms in total. The Labute approximate surface area is 190 Å². The molecule has 0 bridgehead atoms. The molecule has 0 spiro atoms. The number of benzene rings is 1. The van der Waals surface area contributed by atoms with E-state index in [4.69, 9.17) is 0 Å². The summed E-state index contributed by atoms with van der Waals surface area (Å²) in [5.41, 5.74) is 1.72. The molecule has 0 radical (unpaired) electrons. The number of aromatic nitrogens is 2. The van der Waals surface area contributed by atoms with Crippen LogP contribution in [0.2, 0.25) is 0 Å². The zero-order chi connectivity index (χ0) is 22.2. The molecule has 1 fully saturated rings. The van der Waals surface area contributed by atoms with Crippen molar-refractivity contribution in [3.05, 3.63) is 40.5 Å². The van der Waals surface area contributed by atoms with Gasteiger partial charge in [-0.25, -0.2) is 18.4 Å². The highest BCUT2D eigenvalue weighted by atomic mass is 32.2. The number of hydrogen-bond acceptors (Lipinski definition) is 7. The number of anilines is 1. The Morgan fingerprint density at radius 3 is 2.48 bits per heavy atom. The molecule has 3 heterocycles. The molecule has 164 valence electrons. The Bertz CT molecular complexity index is 1230. The first-order valence-corrected chi connectivity index (χ1v) is 13.3. The van der Waals surface area contributed by atoms with Crippen LogP contribution in [0, 0.1) is 20.8 Å². The highest BCUT2D eigenvalue weighted by Crippen LogP contribution is 2.35. The van der Waals surface area contributed by atoms with Crippen LogP contribution in [-0.4, -0.2) is 47.4 Å². The maximum Gasteiger partial charge on any atom is 0.243 e. The molecule has 1 saturated heterocycles. The number of carbonyl (C=O) groups excluding carboxylic acids is 1. The minimum atomic E-state index is -3.45. The summed E-state index contributed by atoms with van der Waals surface area (Å²) in [5.74, 6) is 0.717. The van der Waals surface area contributed by atoms with Crippen LogP contribution >= 0.6 is 23.1 Å². The highest BCUT2D eigenvalue weighted by molar-refractivity contribution is 8.00. The summed E-state index contributed by atoms with van der Waals surface area (Å²) in [5, 5.41) is 4.66. The molecule has 0 unspecified atom stereocenters. The smallest absolute Gasteiger partial charge is 0.243 e. The quantitative estimate of drug-likeness (QED) is 0.425. The number of amides is 1. The minimum absolute atomic E-state index is 0.172. The summed E-state index contributed by atoms with van der Waals surface area (Å²) in [6, 6.07) is 6.35. The van der Waals surface area contributed by atoms with Gasteiger partial charge in [0.1, 0.15) is 15.7 Å². The number of fused-ring (bicyclic) bond motifs is 1. The van der Waals surface area contributed by atoms with Crippen LogP contribution in [0.25, 0.3) is 10.2 Å². The van der Waals surface area contributed by atoms with Crippen LogP contribution in [0.3, 0.4) is 0 Å². The fraction of sp³-hybridized carbons (Fsp3) is 0.381. The Morgan fingerprint density at radius 2 is 1.81 bits per heavy atom. The third kappa shape index (κ3) is 4.62. The lowest BCUT2D eigenvalue weighted by atomic mass is 10.2. The molecule has 1 aromatic carbocycles. The van der Waals surface area contributed by atoms with Crippen LogP contribution in [-0.2, 0) is 14.8 Å². The van der Waals surface area contributed by atoms with E-state index in [9.17, 15) is 13.2 Å². The van der Waals surface area contributed by atoms with Crippen molar-refractivity contribution in [3.8, 4) is 0 Å². The lowest BCUT2D eigenvalue weighted by Gasteiger charge is -2.15. The summed E-state index contributed by atoms with van der Waals surface area (Å²) < 4.78 is 26.7. The Balaban J connectivity index is 1.42. The molecule has 4 rings (SSSR count). The number of hydrogen-bond donors (Lipinski definition) is 1. The van der Waals surface area contributed by atoms with E-state index in [2.05, 4.69) is 29.1 Å². The van der Waals surface area contributed by atoms with E-state index >= 15 is 0 Å². The van der Waals surface area contributed by atoms with Gasteiger partial charge in [-0.1, -0.05) is 11.8 Å². The fourth-order valence-corrected chi connectivity index (χ4v) is 7.12. The van der Waals surface area contributed by atoms with Gasteiger partial charge in [-0.05, 0) is 63.4 Å².